The van der Waals surface area contributed by atoms with E-state index in [9.17, 15) is 0 Å². The van der Waals surface area contributed by atoms with E-state index in [-0.39, 0.29) is 25.0 Å². The van der Waals surface area contributed by atoms with Gasteiger partial charge in [-0.1, -0.05) is 0 Å². The molecular weight excluding hydrogens is 207 g/mol. The minimum absolute atomic E-state index is 0. The van der Waals surface area contributed by atoms with E-state index < -0.39 is 17.4 Å². The van der Waals surface area contributed by atoms with Gasteiger partial charge >= 0.3 is 19.5 Å². The number of hydrogen-bond donors (Lipinski definition) is 0. The predicted molar refractivity (Wildman–Crippen MR) is 24.4 cm³/mol. The van der Waals surface area contributed by atoms with Gasteiger partial charge in [0.2, 0.25) is 0 Å². The van der Waals surface area contributed by atoms with E-state index in [1.165, 1.54) is 0 Å². The first-order chi connectivity index (χ1) is 2.83. The van der Waals surface area contributed by atoms with Crippen molar-refractivity contribution in [3.8, 4) is 0 Å². The van der Waals surface area contributed by atoms with Crippen molar-refractivity contribution in [3.05, 3.63) is 0 Å². The van der Waals surface area contributed by atoms with Crippen molar-refractivity contribution in [2.24, 2.45) is 0 Å². The molecule has 0 spiro atoms. The van der Waals surface area contributed by atoms with Gasteiger partial charge in [-0.15, -0.1) is 0 Å². The van der Waals surface area contributed by atoms with Gasteiger partial charge in [-0.25, -0.2) is 0 Å². The van der Waals surface area contributed by atoms with Gasteiger partial charge in [0.05, 0.1) is 0 Å². The monoisotopic (exact) mass is 212 g/mol. The molecule has 0 aromatic carbocycles. The van der Waals surface area contributed by atoms with Crippen LogP contribution in [-0.2, 0) is 28.6 Å². The molecule has 5 nitrogen and oxygen atoms in total. The molecule has 0 aliphatic heterocycles. The topological polar surface area (TPSA) is 112 Å². The fourth-order valence-corrected chi connectivity index (χ4v) is 0. The summed E-state index contributed by atoms with van der Waals surface area (Å²) in [6.07, 6.45) is 0. The van der Waals surface area contributed by atoms with Crippen LogP contribution in [-0.4, -0.2) is 5.48 Å². The van der Waals surface area contributed by atoms with Gasteiger partial charge in [0, 0.05) is 0 Å². The minimum atomic E-state index is -1.75. The molecule has 0 aromatic heterocycles. The van der Waals surface area contributed by atoms with Crippen LogP contribution in [0.3, 0.4) is 0 Å². The van der Waals surface area contributed by atoms with Gasteiger partial charge in [-0.2, -0.15) is 0 Å². The second-order valence-corrected chi connectivity index (χ2v) is 0.577. The Labute approximate surface area is 61.7 Å². The van der Waals surface area contributed by atoms with E-state index in [2.05, 4.69) is 0 Å². The molecule has 0 radical (unpaired) electrons. The van der Waals surface area contributed by atoms with E-state index in [0.29, 0.717) is 0 Å². The summed E-state index contributed by atoms with van der Waals surface area (Å²) in [5, 5.41) is 0. The molecule has 2 N–H and O–H groups in total. The molecule has 0 saturated carbocycles. The van der Waals surface area contributed by atoms with E-state index >= 15 is 0 Å². The number of hydrogen-bond acceptors (Lipinski definition) is 4. The molecule has 0 aliphatic carbocycles. The molecule has 48 valence electrons. The van der Waals surface area contributed by atoms with E-state index in [1.54, 1.807) is 0 Å². The summed E-state index contributed by atoms with van der Waals surface area (Å²) in [7, 11) is -3.50. The van der Waals surface area contributed by atoms with Crippen molar-refractivity contribution in [1.82, 2.24) is 0 Å². The Balaban J connectivity index is -0.0000000160. The van der Waals surface area contributed by atoms with Gasteiger partial charge in [-0.3, -0.25) is 0 Å². The van der Waals surface area contributed by atoms with Crippen molar-refractivity contribution in [2.75, 3.05) is 0 Å². The Morgan fingerprint density at radius 3 is 1.00 bits per heavy atom. The fraction of sp³-hybridized carbons (Fsp3) is 0. The largest absolute Gasteiger partial charge is 2.00 e. The molecule has 8 heteroatoms. The zero-order valence-electron chi connectivity index (χ0n) is 3.99. The van der Waals surface area contributed by atoms with Gasteiger partial charge < -0.3 is 24.4 Å². The third kappa shape index (κ3) is 267. The third-order valence-corrected chi connectivity index (χ3v) is 0. The molecule has 0 bridgehead atoms. The summed E-state index contributed by atoms with van der Waals surface area (Å²) in [5.41, 5.74) is 0. The summed E-state index contributed by atoms with van der Waals surface area (Å²) < 4.78 is 16.9. The minimum Gasteiger partial charge on any atom is -0.804 e. The summed E-state index contributed by atoms with van der Waals surface area (Å²) >= 11 is 0. The molecule has 0 amide bonds. The summed E-state index contributed by atoms with van der Waals surface area (Å²) in [6.45, 7) is 0. The predicted octanol–water partition coefficient (Wildman–Crippen LogP) is -2.79. The van der Waals surface area contributed by atoms with Gasteiger partial charge in [0.1, 0.15) is 0 Å². The first-order valence-electron chi connectivity index (χ1n) is 0.943. The van der Waals surface area contributed by atoms with E-state index in [1.807, 2.05) is 0 Å². The van der Waals surface area contributed by atoms with Crippen LogP contribution < -0.4 is 9.79 Å². The molecule has 8 heavy (non-hydrogen) atoms. The molecule has 0 aromatic rings. The Kier molecular flexibility index (Phi) is 127. The van der Waals surface area contributed by atoms with Crippen LogP contribution in [0.15, 0.2) is 0 Å². The normalized spacial score (nSPS) is 7.25. The quantitative estimate of drug-likeness (QED) is 0.320. The van der Waals surface area contributed by atoms with E-state index in [0.717, 1.165) is 0 Å². The Morgan fingerprint density at radius 2 is 1.00 bits per heavy atom. The maximum absolute atomic E-state index is 8.46. The van der Waals surface area contributed by atoms with Crippen molar-refractivity contribution in [2.45, 2.75) is 0 Å². The molecule has 0 heterocycles. The van der Waals surface area contributed by atoms with Gasteiger partial charge in [0.15, 0.2) is 0 Å². The first kappa shape index (κ1) is 23.1. The molecule has 0 fully saturated rings. The Bertz CT molecular complexity index is 31.4. The smallest absolute Gasteiger partial charge is 0.804 e. The standard InChI is InChI=1S/2H3O2P.H2O.Zn/c2*1-3-2;;/h2*3H2,(H,1,2);1H2;/q;;;+2/p-2. The molecule has 2 unspecified atom stereocenters. The average Bonchev–Trinajstić information content (AvgIpc) is 1.39. The van der Waals surface area contributed by atoms with Crippen molar-refractivity contribution >= 4 is 17.4 Å². The van der Waals surface area contributed by atoms with Crippen LogP contribution in [0, 0.1) is 0 Å². The van der Waals surface area contributed by atoms with Gasteiger partial charge in [-0.05, 0) is 17.4 Å². The van der Waals surface area contributed by atoms with Crippen LogP contribution in [0.25, 0.3) is 0 Å². The third-order valence-electron chi connectivity index (χ3n) is 0. The molecular formula is H6O5P2Zn. The molecule has 0 aliphatic rings. The Hall–Kier alpha value is 0.963. The zero-order valence-corrected chi connectivity index (χ0v) is 9.27. The molecule has 2 atom stereocenters. The van der Waals surface area contributed by atoms with Crippen molar-refractivity contribution in [1.29, 1.82) is 0 Å². The van der Waals surface area contributed by atoms with Crippen molar-refractivity contribution in [3.63, 3.8) is 0 Å². The summed E-state index contributed by atoms with van der Waals surface area (Å²) in [6, 6.07) is 0. The SMILES string of the molecule is O.O=[PH2][O-].O=[PH2][O-].[Zn+2]. The van der Waals surface area contributed by atoms with E-state index in [4.69, 9.17) is 18.9 Å². The average molecular weight is 213 g/mol. The number of rotatable bonds is 0. The summed E-state index contributed by atoms with van der Waals surface area (Å²) in [4.78, 5) is 16.9. The van der Waals surface area contributed by atoms with Crippen LogP contribution in [0.1, 0.15) is 0 Å². The second-order valence-electron chi connectivity index (χ2n) is 0.192. The summed E-state index contributed by atoms with van der Waals surface area (Å²) in [5.74, 6) is 0. The molecule has 0 saturated heterocycles. The second kappa shape index (κ2) is 44.0. The maximum atomic E-state index is 8.46. The van der Waals surface area contributed by atoms with Gasteiger partial charge in [0.25, 0.3) is 0 Å². The fourth-order valence-electron chi connectivity index (χ4n) is 0. The zero-order chi connectivity index (χ0) is 5.41. The van der Waals surface area contributed by atoms with Crippen LogP contribution in [0.4, 0.5) is 0 Å². The van der Waals surface area contributed by atoms with Crippen molar-refractivity contribution < 1.29 is 43.9 Å². The van der Waals surface area contributed by atoms with Crippen LogP contribution in [0.2, 0.25) is 0 Å². The van der Waals surface area contributed by atoms with Crippen LogP contribution >= 0.6 is 17.4 Å². The first-order valence-corrected chi connectivity index (χ1v) is 2.83. The maximum Gasteiger partial charge on any atom is 2.00 e. The Morgan fingerprint density at radius 1 is 1.00 bits per heavy atom. The molecule has 0 rings (SSSR count). The van der Waals surface area contributed by atoms with Crippen LogP contribution in [0.5, 0.6) is 0 Å².